The minimum absolute atomic E-state index is 0.107. The van der Waals surface area contributed by atoms with Crippen LogP contribution in [-0.2, 0) is 11.2 Å². The molecule has 0 bridgehead atoms. The molecule has 0 radical (unpaired) electrons. The summed E-state index contributed by atoms with van der Waals surface area (Å²) < 4.78 is 5.17. The van der Waals surface area contributed by atoms with Gasteiger partial charge in [-0.25, -0.2) is 0 Å². The Morgan fingerprint density at radius 1 is 1.29 bits per heavy atom. The standard InChI is InChI=1S/C15H12ClNO4/c1-10-6-7-12(16)14(8-10)21-15(18)9-11-4-2-3-5-13(11)17(19)20/h2-8H,9H2,1H3. The highest BCUT2D eigenvalue weighted by atomic mass is 35.5. The summed E-state index contributed by atoms with van der Waals surface area (Å²) in [5.41, 5.74) is 1.09. The summed E-state index contributed by atoms with van der Waals surface area (Å²) in [5.74, 6) is -0.350. The van der Waals surface area contributed by atoms with Crippen molar-refractivity contribution >= 4 is 23.3 Å². The number of halogens is 1. The molecule has 21 heavy (non-hydrogen) atoms. The number of carbonyl (C=O) groups excluding carboxylic acids is 1. The average Bonchev–Trinajstić information content (AvgIpc) is 2.43. The maximum atomic E-state index is 11.9. The van der Waals surface area contributed by atoms with E-state index in [0.717, 1.165) is 5.56 Å². The molecule has 0 spiro atoms. The van der Waals surface area contributed by atoms with Gasteiger partial charge in [-0.2, -0.15) is 0 Å². The fourth-order valence-electron chi connectivity index (χ4n) is 1.84. The van der Waals surface area contributed by atoms with E-state index in [-0.39, 0.29) is 17.9 Å². The van der Waals surface area contributed by atoms with Gasteiger partial charge in [-0.15, -0.1) is 0 Å². The Hall–Kier alpha value is -2.40. The smallest absolute Gasteiger partial charge is 0.315 e. The van der Waals surface area contributed by atoms with Crippen LogP contribution in [0.2, 0.25) is 5.02 Å². The maximum absolute atomic E-state index is 11.9. The van der Waals surface area contributed by atoms with E-state index < -0.39 is 10.9 Å². The van der Waals surface area contributed by atoms with Crippen LogP contribution in [0.1, 0.15) is 11.1 Å². The van der Waals surface area contributed by atoms with Crippen LogP contribution in [0.25, 0.3) is 0 Å². The molecular formula is C15H12ClNO4. The number of ether oxygens (including phenoxy) is 1. The fourth-order valence-corrected chi connectivity index (χ4v) is 2.00. The molecule has 2 aromatic rings. The number of nitro groups is 1. The molecule has 6 heteroatoms. The first-order valence-corrected chi connectivity index (χ1v) is 6.54. The van der Waals surface area contributed by atoms with Crippen LogP contribution in [0.4, 0.5) is 5.69 Å². The first-order chi connectivity index (χ1) is 9.97. The number of rotatable bonds is 4. The predicted molar refractivity (Wildman–Crippen MR) is 78.6 cm³/mol. The van der Waals surface area contributed by atoms with E-state index in [9.17, 15) is 14.9 Å². The zero-order valence-corrected chi connectivity index (χ0v) is 12.0. The Morgan fingerprint density at radius 2 is 2.00 bits per heavy atom. The van der Waals surface area contributed by atoms with Gasteiger partial charge in [0.1, 0.15) is 5.75 Å². The lowest BCUT2D eigenvalue weighted by molar-refractivity contribution is -0.385. The first-order valence-electron chi connectivity index (χ1n) is 6.16. The van der Waals surface area contributed by atoms with Crippen molar-refractivity contribution in [1.82, 2.24) is 0 Å². The number of carbonyl (C=O) groups is 1. The Balaban J connectivity index is 2.16. The molecule has 0 heterocycles. The second-order valence-electron chi connectivity index (χ2n) is 4.47. The summed E-state index contributed by atoms with van der Waals surface area (Å²) in [4.78, 5) is 22.3. The van der Waals surface area contributed by atoms with Crippen LogP contribution in [0.5, 0.6) is 5.75 Å². The second-order valence-corrected chi connectivity index (χ2v) is 4.88. The molecule has 2 aromatic carbocycles. The molecule has 0 aliphatic carbocycles. The van der Waals surface area contributed by atoms with E-state index in [0.29, 0.717) is 10.6 Å². The third-order valence-electron chi connectivity index (χ3n) is 2.83. The van der Waals surface area contributed by atoms with Crippen molar-refractivity contribution in [3.05, 3.63) is 68.7 Å². The second kappa shape index (κ2) is 6.37. The molecule has 0 fully saturated rings. The van der Waals surface area contributed by atoms with Crippen molar-refractivity contribution in [2.24, 2.45) is 0 Å². The summed E-state index contributed by atoms with van der Waals surface area (Å²) >= 11 is 5.94. The molecular weight excluding hydrogens is 294 g/mol. The predicted octanol–water partition coefficient (Wildman–Crippen LogP) is 3.70. The van der Waals surface area contributed by atoms with Crippen molar-refractivity contribution in [1.29, 1.82) is 0 Å². The van der Waals surface area contributed by atoms with Crippen LogP contribution >= 0.6 is 11.6 Å². The highest BCUT2D eigenvalue weighted by Crippen LogP contribution is 2.26. The SMILES string of the molecule is Cc1ccc(Cl)c(OC(=O)Cc2ccccc2[N+](=O)[O-])c1. The molecule has 0 aliphatic rings. The number of hydrogen-bond acceptors (Lipinski definition) is 4. The molecule has 108 valence electrons. The molecule has 0 N–H and O–H groups in total. The molecule has 0 aromatic heterocycles. The molecule has 2 rings (SSSR count). The molecule has 0 saturated heterocycles. The number of esters is 1. The lowest BCUT2D eigenvalue weighted by Gasteiger charge is -2.07. The van der Waals surface area contributed by atoms with Gasteiger partial charge < -0.3 is 4.74 Å². The fraction of sp³-hybridized carbons (Fsp3) is 0.133. The van der Waals surface area contributed by atoms with E-state index in [1.807, 2.05) is 6.92 Å². The maximum Gasteiger partial charge on any atom is 0.315 e. The number of benzene rings is 2. The van der Waals surface area contributed by atoms with Gasteiger partial charge in [-0.05, 0) is 24.6 Å². The van der Waals surface area contributed by atoms with Crippen molar-refractivity contribution in [2.75, 3.05) is 0 Å². The Morgan fingerprint density at radius 3 is 2.71 bits per heavy atom. The molecule has 0 saturated carbocycles. The Kier molecular flexibility index (Phi) is 4.55. The highest BCUT2D eigenvalue weighted by molar-refractivity contribution is 6.32. The van der Waals surface area contributed by atoms with Crippen molar-refractivity contribution in [3.8, 4) is 5.75 Å². The van der Waals surface area contributed by atoms with Crippen LogP contribution in [0.15, 0.2) is 42.5 Å². The minimum atomic E-state index is -0.600. The van der Waals surface area contributed by atoms with E-state index in [1.54, 1.807) is 30.3 Å². The zero-order valence-electron chi connectivity index (χ0n) is 11.2. The monoisotopic (exact) mass is 305 g/mol. The zero-order chi connectivity index (χ0) is 15.4. The summed E-state index contributed by atoms with van der Waals surface area (Å²) in [7, 11) is 0. The number of aryl methyl sites for hydroxylation is 1. The molecule has 0 aliphatic heterocycles. The van der Waals surface area contributed by atoms with E-state index in [4.69, 9.17) is 16.3 Å². The van der Waals surface area contributed by atoms with Gasteiger partial charge in [0.2, 0.25) is 0 Å². The molecule has 5 nitrogen and oxygen atoms in total. The van der Waals surface area contributed by atoms with Crippen LogP contribution in [0.3, 0.4) is 0 Å². The van der Waals surface area contributed by atoms with Crippen molar-refractivity contribution in [3.63, 3.8) is 0 Å². The van der Waals surface area contributed by atoms with Crippen molar-refractivity contribution < 1.29 is 14.5 Å². The molecule has 0 atom stereocenters. The summed E-state index contributed by atoms with van der Waals surface area (Å²) in [6.45, 7) is 1.84. The normalized spacial score (nSPS) is 10.2. The van der Waals surface area contributed by atoms with Gasteiger partial charge in [-0.3, -0.25) is 14.9 Å². The average molecular weight is 306 g/mol. The number of para-hydroxylation sites is 1. The third kappa shape index (κ3) is 3.79. The van der Waals surface area contributed by atoms with Gasteiger partial charge in [0.25, 0.3) is 5.69 Å². The van der Waals surface area contributed by atoms with E-state index >= 15 is 0 Å². The summed E-state index contributed by atoms with van der Waals surface area (Å²) in [6.07, 6.45) is -0.193. The third-order valence-corrected chi connectivity index (χ3v) is 3.15. The number of nitrogens with zero attached hydrogens (tertiary/aromatic N) is 1. The highest BCUT2D eigenvalue weighted by Gasteiger charge is 2.17. The summed E-state index contributed by atoms with van der Waals surface area (Å²) in [5, 5.41) is 11.2. The molecule has 0 unspecified atom stereocenters. The largest absolute Gasteiger partial charge is 0.425 e. The van der Waals surface area contributed by atoms with E-state index in [1.165, 1.54) is 12.1 Å². The number of nitro benzene ring substituents is 1. The Labute approximate surface area is 126 Å². The van der Waals surface area contributed by atoms with Gasteiger partial charge in [0.15, 0.2) is 0 Å². The minimum Gasteiger partial charge on any atom is -0.425 e. The number of hydrogen-bond donors (Lipinski definition) is 0. The van der Waals surface area contributed by atoms with E-state index in [2.05, 4.69) is 0 Å². The quantitative estimate of drug-likeness (QED) is 0.374. The lowest BCUT2D eigenvalue weighted by atomic mass is 10.1. The first kappa shape index (κ1) is 15.0. The van der Waals surface area contributed by atoms with Crippen molar-refractivity contribution in [2.45, 2.75) is 13.3 Å². The Bertz CT molecular complexity index is 700. The van der Waals surface area contributed by atoms with Gasteiger partial charge in [-0.1, -0.05) is 35.9 Å². The molecule has 0 amide bonds. The van der Waals surface area contributed by atoms with Crippen LogP contribution in [-0.4, -0.2) is 10.9 Å². The van der Waals surface area contributed by atoms with Gasteiger partial charge in [0.05, 0.1) is 16.4 Å². The van der Waals surface area contributed by atoms with Gasteiger partial charge in [0, 0.05) is 11.6 Å². The summed E-state index contributed by atoms with van der Waals surface area (Å²) in [6, 6.07) is 11.1. The van der Waals surface area contributed by atoms with Crippen LogP contribution < -0.4 is 4.74 Å². The van der Waals surface area contributed by atoms with Gasteiger partial charge >= 0.3 is 5.97 Å². The van der Waals surface area contributed by atoms with Crippen LogP contribution in [0, 0.1) is 17.0 Å². The topological polar surface area (TPSA) is 69.4 Å². The lowest BCUT2D eigenvalue weighted by Crippen LogP contribution is -2.12.